The van der Waals surface area contributed by atoms with Gasteiger partial charge in [-0.1, -0.05) is 51.7 Å². The van der Waals surface area contributed by atoms with Gasteiger partial charge in [-0.3, -0.25) is 0 Å². The highest BCUT2D eigenvalue weighted by Crippen LogP contribution is 2.33. The third-order valence-electron chi connectivity index (χ3n) is 13.5. The van der Waals surface area contributed by atoms with E-state index < -0.39 is 24.4 Å². The minimum atomic E-state index is -0.600. The van der Waals surface area contributed by atoms with Gasteiger partial charge >= 0.3 is 24.4 Å². The van der Waals surface area contributed by atoms with E-state index in [0.29, 0.717) is 39.0 Å². The molecule has 0 saturated carbocycles. The number of likely N-dealkylation sites (tertiary alicyclic amines) is 4. The molecule has 2 aromatic carbocycles. The molecule has 0 radical (unpaired) electrons. The predicted molar refractivity (Wildman–Crippen MR) is 256 cm³/mol. The number of piperidine rings is 4. The second kappa shape index (κ2) is 27.9. The summed E-state index contributed by atoms with van der Waals surface area (Å²) in [6, 6.07) is 10.8. The van der Waals surface area contributed by atoms with Crippen LogP contribution in [0.25, 0.3) is 0 Å². The van der Waals surface area contributed by atoms with Crippen LogP contribution in [0, 0.1) is 11.8 Å². The summed E-state index contributed by atoms with van der Waals surface area (Å²) in [6.07, 6.45) is 13.3. The standard InChI is InChI=1S/C50H78N8O8/c1-39(35-41-15-17-43(63-47(59)51-19-31-55-23-7-3-8-24-55)45(37-41)65-49(61)53-21-33-57-27-11-5-12-28-57)40(2)36-42-16-18-44(64-48(60)52-20-32-56-25-9-4-10-26-56)46(38-42)66-50(62)54-22-34-58-29-13-6-14-30-58/h15-18,37-40H,3-14,19-36H2,1-2H3,(H,51,59)(H,52,60)(H,53,61)(H,54,62)/t39-,40?/m1/s1. The average Bonchev–Trinajstić information content (AvgIpc) is 3.32. The number of carbonyl (C=O) groups excluding carboxylic acids is 4. The molecule has 16 nitrogen and oxygen atoms in total. The van der Waals surface area contributed by atoms with E-state index >= 15 is 0 Å². The molecule has 0 spiro atoms. The molecule has 4 amide bonds. The van der Waals surface area contributed by atoms with Gasteiger partial charge in [-0.25, -0.2) is 19.2 Å². The van der Waals surface area contributed by atoms with Gasteiger partial charge in [-0.2, -0.15) is 0 Å². The Morgan fingerprint density at radius 1 is 0.409 bits per heavy atom. The molecule has 2 atom stereocenters. The molecule has 366 valence electrons. The molecule has 0 aromatic heterocycles. The zero-order valence-corrected chi connectivity index (χ0v) is 39.9. The van der Waals surface area contributed by atoms with E-state index in [1.54, 1.807) is 24.3 Å². The van der Waals surface area contributed by atoms with E-state index in [4.69, 9.17) is 18.9 Å². The fourth-order valence-electron chi connectivity index (χ4n) is 9.37. The molecule has 4 N–H and O–H groups in total. The Balaban J connectivity index is 1.07. The molecule has 6 rings (SSSR count). The van der Waals surface area contributed by atoms with Crippen LogP contribution in [0.2, 0.25) is 0 Å². The highest BCUT2D eigenvalue weighted by molar-refractivity contribution is 5.75. The second-order valence-electron chi connectivity index (χ2n) is 18.8. The van der Waals surface area contributed by atoms with Crippen molar-refractivity contribution in [2.75, 3.05) is 105 Å². The summed E-state index contributed by atoms with van der Waals surface area (Å²) >= 11 is 0. The number of hydrogen-bond donors (Lipinski definition) is 4. The quantitative estimate of drug-likeness (QED) is 0.101. The summed E-state index contributed by atoms with van der Waals surface area (Å²) < 4.78 is 23.1. The molecular formula is C50H78N8O8. The second-order valence-corrected chi connectivity index (χ2v) is 18.8. The topological polar surface area (TPSA) is 166 Å². The Morgan fingerprint density at radius 2 is 0.667 bits per heavy atom. The number of hydrogen-bond acceptors (Lipinski definition) is 12. The Bertz CT molecular complexity index is 1680. The molecule has 66 heavy (non-hydrogen) atoms. The van der Waals surface area contributed by atoms with Crippen molar-refractivity contribution in [3.8, 4) is 23.0 Å². The van der Waals surface area contributed by atoms with E-state index in [1.807, 2.05) is 12.1 Å². The van der Waals surface area contributed by atoms with E-state index in [1.165, 1.54) is 77.0 Å². The van der Waals surface area contributed by atoms with Gasteiger partial charge in [0.1, 0.15) is 0 Å². The largest absolute Gasteiger partial charge is 0.412 e. The Hall–Kier alpha value is -4.64. The first-order valence-corrected chi connectivity index (χ1v) is 25.1. The van der Waals surface area contributed by atoms with E-state index in [0.717, 1.165) is 89.7 Å². The number of carbonyl (C=O) groups is 4. The van der Waals surface area contributed by atoms with Gasteiger partial charge in [0.2, 0.25) is 0 Å². The summed E-state index contributed by atoms with van der Waals surface area (Å²) in [6.45, 7) is 17.4. The third-order valence-corrected chi connectivity index (χ3v) is 13.5. The van der Waals surface area contributed by atoms with Crippen molar-refractivity contribution >= 4 is 24.4 Å². The Morgan fingerprint density at radius 3 is 0.939 bits per heavy atom. The SMILES string of the molecule is CC(Cc1ccc(OC(=O)NCCN2CCCCC2)c(OC(=O)NCCN2CCCCC2)c1)[C@H](C)Cc1ccc(OC(=O)NCCN2CCCCC2)c(OC(=O)NCCN2CCCCC2)c1. The molecule has 0 aliphatic carbocycles. The van der Waals surface area contributed by atoms with Crippen molar-refractivity contribution in [3.05, 3.63) is 47.5 Å². The molecule has 4 aliphatic heterocycles. The number of amides is 4. The Labute approximate surface area is 393 Å². The van der Waals surface area contributed by atoms with Gasteiger partial charge < -0.3 is 59.8 Å². The van der Waals surface area contributed by atoms with Crippen LogP contribution in [0.1, 0.15) is 102 Å². The lowest BCUT2D eigenvalue weighted by Crippen LogP contribution is -2.39. The van der Waals surface area contributed by atoms with E-state index in [9.17, 15) is 19.2 Å². The van der Waals surface area contributed by atoms with Crippen LogP contribution < -0.4 is 40.2 Å². The van der Waals surface area contributed by atoms with Gasteiger partial charge in [0.25, 0.3) is 0 Å². The summed E-state index contributed by atoms with van der Waals surface area (Å²) in [7, 11) is 0. The summed E-state index contributed by atoms with van der Waals surface area (Å²) in [4.78, 5) is 61.5. The molecule has 4 aliphatic rings. The maximum absolute atomic E-state index is 13.1. The maximum Gasteiger partial charge on any atom is 0.412 e. The van der Waals surface area contributed by atoms with Crippen molar-refractivity contribution in [2.45, 2.75) is 104 Å². The van der Waals surface area contributed by atoms with Gasteiger partial charge in [0.05, 0.1) is 0 Å². The fourth-order valence-corrected chi connectivity index (χ4v) is 9.37. The lowest BCUT2D eigenvalue weighted by atomic mass is 9.85. The number of nitrogens with one attached hydrogen (secondary N) is 4. The summed E-state index contributed by atoms with van der Waals surface area (Å²) in [5.74, 6) is 1.01. The zero-order chi connectivity index (χ0) is 46.4. The molecule has 1 unspecified atom stereocenters. The van der Waals surface area contributed by atoms with Crippen LogP contribution in [-0.4, -0.2) is 149 Å². The predicted octanol–water partition coefficient (Wildman–Crippen LogP) is 7.04. The van der Waals surface area contributed by atoms with Gasteiger partial charge in [-0.05, 0) is 164 Å². The van der Waals surface area contributed by atoms with Gasteiger partial charge in [-0.15, -0.1) is 0 Å². The highest BCUT2D eigenvalue weighted by atomic mass is 16.6. The van der Waals surface area contributed by atoms with Crippen LogP contribution in [0.3, 0.4) is 0 Å². The summed E-state index contributed by atoms with van der Waals surface area (Å²) in [5, 5.41) is 11.5. The molecule has 0 bridgehead atoms. The van der Waals surface area contributed by atoms with Crippen LogP contribution in [0.4, 0.5) is 19.2 Å². The van der Waals surface area contributed by atoms with Gasteiger partial charge in [0, 0.05) is 52.4 Å². The van der Waals surface area contributed by atoms with Crippen molar-refractivity contribution < 1.29 is 38.1 Å². The monoisotopic (exact) mass is 919 g/mol. The zero-order valence-electron chi connectivity index (χ0n) is 39.9. The van der Waals surface area contributed by atoms with Crippen LogP contribution in [0.15, 0.2) is 36.4 Å². The maximum atomic E-state index is 13.1. The van der Waals surface area contributed by atoms with E-state index in [-0.39, 0.29) is 34.8 Å². The number of nitrogens with zero attached hydrogens (tertiary/aromatic N) is 4. The fraction of sp³-hybridized carbons (Fsp3) is 0.680. The smallest absolute Gasteiger partial charge is 0.406 e. The lowest BCUT2D eigenvalue weighted by Gasteiger charge is -2.26. The van der Waals surface area contributed by atoms with Gasteiger partial charge in [0.15, 0.2) is 23.0 Å². The first-order chi connectivity index (χ1) is 32.2. The van der Waals surface area contributed by atoms with Crippen molar-refractivity contribution in [3.63, 3.8) is 0 Å². The molecule has 16 heteroatoms. The lowest BCUT2D eigenvalue weighted by molar-refractivity contribution is 0.183. The third kappa shape index (κ3) is 18.2. The summed E-state index contributed by atoms with van der Waals surface area (Å²) in [5.41, 5.74) is 1.84. The molecule has 4 saturated heterocycles. The van der Waals surface area contributed by atoms with Crippen molar-refractivity contribution in [2.24, 2.45) is 11.8 Å². The van der Waals surface area contributed by atoms with Crippen molar-refractivity contribution in [1.82, 2.24) is 40.9 Å². The average molecular weight is 919 g/mol. The normalized spacial score (nSPS) is 18.6. The first kappa shape index (κ1) is 50.8. The molecule has 4 heterocycles. The van der Waals surface area contributed by atoms with Crippen molar-refractivity contribution in [1.29, 1.82) is 0 Å². The molecule has 4 fully saturated rings. The number of rotatable bonds is 21. The van der Waals surface area contributed by atoms with Crippen LogP contribution in [-0.2, 0) is 12.8 Å². The number of benzene rings is 2. The minimum absolute atomic E-state index is 0.158. The molecule has 2 aromatic rings. The van der Waals surface area contributed by atoms with Crippen LogP contribution in [0.5, 0.6) is 23.0 Å². The molecular weight excluding hydrogens is 841 g/mol. The Kier molecular flexibility index (Phi) is 21.4. The van der Waals surface area contributed by atoms with E-state index in [2.05, 4.69) is 54.7 Å². The van der Waals surface area contributed by atoms with Crippen LogP contribution >= 0.6 is 0 Å². The highest BCUT2D eigenvalue weighted by Gasteiger charge is 2.22. The first-order valence-electron chi connectivity index (χ1n) is 25.1. The number of ether oxygens (including phenoxy) is 4. The minimum Gasteiger partial charge on any atom is -0.406 e.